The first-order valence-corrected chi connectivity index (χ1v) is 12.9. The summed E-state index contributed by atoms with van der Waals surface area (Å²) in [4.78, 5) is 30.6. The molecule has 176 valence electrons. The van der Waals surface area contributed by atoms with Gasteiger partial charge in [-0.2, -0.15) is 0 Å². The largest absolute Gasteiger partial charge is 0.494 e. The normalized spacial score (nSPS) is 11.0. The van der Waals surface area contributed by atoms with Gasteiger partial charge in [0.1, 0.15) is 10.4 Å². The van der Waals surface area contributed by atoms with Crippen LogP contribution >= 0.6 is 35.3 Å². The smallest absolute Gasteiger partial charge is 0.316 e. The Bertz CT molecular complexity index is 1460. The van der Waals surface area contributed by atoms with E-state index in [-0.39, 0.29) is 23.9 Å². The molecule has 0 aliphatic rings. The third kappa shape index (κ3) is 4.79. The quantitative estimate of drug-likeness (QED) is 0.136. The summed E-state index contributed by atoms with van der Waals surface area (Å²) in [5, 5.41) is 0.396. The number of thioether (sulfide) groups is 1. The zero-order valence-corrected chi connectivity index (χ0v) is 21.4. The molecule has 0 fully saturated rings. The first-order chi connectivity index (χ1) is 16.4. The molecule has 4 rings (SSSR count). The lowest BCUT2D eigenvalue weighted by atomic mass is 10.2. The number of aryl methyl sites for hydroxylation is 1. The minimum absolute atomic E-state index is 0.0333. The fourth-order valence-corrected chi connectivity index (χ4v) is 5.57. The lowest BCUT2D eigenvalue weighted by Gasteiger charge is -2.14. The Balaban J connectivity index is 1.92. The van der Waals surface area contributed by atoms with Gasteiger partial charge in [-0.25, -0.2) is 4.98 Å². The predicted octanol–water partition coefficient (Wildman–Crippen LogP) is 5.33. The van der Waals surface area contributed by atoms with Crippen molar-refractivity contribution in [1.29, 1.82) is 0 Å². The predicted molar refractivity (Wildman–Crippen MR) is 139 cm³/mol. The van der Waals surface area contributed by atoms with Crippen LogP contribution in [0.1, 0.15) is 19.4 Å². The summed E-state index contributed by atoms with van der Waals surface area (Å²) in [5.41, 5.74) is 2.63. The second-order valence-electron chi connectivity index (χ2n) is 7.20. The van der Waals surface area contributed by atoms with Gasteiger partial charge in [0.25, 0.3) is 5.56 Å². The molecule has 0 N–H and O–H groups in total. The standard InChI is InChI=1S/C24H23N3O4S3/c1-4-30-17-12-10-16(11-13-17)26-21-20(34-24(26)32)22(29)27(18-9-7-6-8-15(18)3)23(25-21)33-14-19(28)31-5-2/h6-13H,4-5,14H2,1-3H3. The number of hydrogen-bond donors (Lipinski definition) is 0. The Hall–Kier alpha value is -2.95. The molecule has 0 aliphatic carbocycles. The Morgan fingerprint density at radius 2 is 1.82 bits per heavy atom. The number of carbonyl (C=O) groups is 1. The van der Waals surface area contributed by atoms with E-state index in [4.69, 9.17) is 26.7 Å². The summed E-state index contributed by atoms with van der Waals surface area (Å²) in [6.45, 7) is 6.47. The molecule has 0 amide bonds. The molecular weight excluding hydrogens is 490 g/mol. The minimum Gasteiger partial charge on any atom is -0.494 e. The molecule has 2 aromatic carbocycles. The van der Waals surface area contributed by atoms with Crippen LogP contribution in [-0.4, -0.2) is 39.1 Å². The van der Waals surface area contributed by atoms with Crippen LogP contribution < -0.4 is 10.3 Å². The molecule has 4 aromatic rings. The summed E-state index contributed by atoms with van der Waals surface area (Å²) in [6.07, 6.45) is 0. The van der Waals surface area contributed by atoms with Gasteiger partial charge in [-0.1, -0.05) is 41.3 Å². The van der Waals surface area contributed by atoms with Crippen LogP contribution in [0.4, 0.5) is 0 Å². The monoisotopic (exact) mass is 513 g/mol. The van der Waals surface area contributed by atoms with Gasteiger partial charge >= 0.3 is 5.97 Å². The lowest BCUT2D eigenvalue weighted by molar-refractivity contribution is -0.139. The van der Waals surface area contributed by atoms with Crippen LogP contribution in [0.3, 0.4) is 0 Å². The number of benzene rings is 2. The van der Waals surface area contributed by atoms with E-state index in [0.29, 0.717) is 31.8 Å². The van der Waals surface area contributed by atoms with Crippen molar-refractivity contribution in [2.45, 2.75) is 25.9 Å². The fourth-order valence-electron chi connectivity index (χ4n) is 3.47. The highest BCUT2D eigenvalue weighted by Crippen LogP contribution is 2.29. The van der Waals surface area contributed by atoms with Crippen molar-refractivity contribution >= 4 is 51.6 Å². The molecule has 0 unspecified atom stereocenters. The molecule has 7 nitrogen and oxygen atoms in total. The van der Waals surface area contributed by atoms with Gasteiger partial charge in [0.05, 0.1) is 24.7 Å². The van der Waals surface area contributed by atoms with E-state index in [1.165, 1.54) is 11.3 Å². The molecule has 0 radical (unpaired) electrons. The summed E-state index contributed by atoms with van der Waals surface area (Å²) < 4.78 is 14.9. The number of rotatable bonds is 8. The molecule has 0 atom stereocenters. The molecular formula is C24H23N3O4S3. The van der Waals surface area contributed by atoms with Crippen LogP contribution in [-0.2, 0) is 9.53 Å². The Kier molecular flexibility index (Phi) is 7.50. The van der Waals surface area contributed by atoms with E-state index in [2.05, 4.69) is 0 Å². The van der Waals surface area contributed by atoms with E-state index in [9.17, 15) is 9.59 Å². The number of esters is 1. The highest BCUT2D eigenvalue weighted by molar-refractivity contribution is 7.99. The molecule has 0 spiro atoms. The number of aromatic nitrogens is 3. The third-order valence-corrected chi connectivity index (χ3v) is 7.23. The number of para-hydroxylation sites is 1. The molecule has 0 bridgehead atoms. The van der Waals surface area contributed by atoms with E-state index in [1.54, 1.807) is 16.1 Å². The second kappa shape index (κ2) is 10.5. The van der Waals surface area contributed by atoms with Crippen molar-refractivity contribution in [1.82, 2.24) is 14.1 Å². The van der Waals surface area contributed by atoms with Crippen LogP contribution in [0.5, 0.6) is 5.75 Å². The summed E-state index contributed by atoms with van der Waals surface area (Å²) in [6, 6.07) is 15.0. The van der Waals surface area contributed by atoms with Crippen molar-refractivity contribution in [3.8, 4) is 17.1 Å². The molecule has 0 saturated heterocycles. The van der Waals surface area contributed by atoms with Crippen molar-refractivity contribution in [3.63, 3.8) is 0 Å². The van der Waals surface area contributed by atoms with Crippen LogP contribution in [0.15, 0.2) is 58.5 Å². The molecule has 2 heterocycles. The van der Waals surface area contributed by atoms with E-state index in [0.717, 1.165) is 28.8 Å². The Morgan fingerprint density at radius 3 is 2.50 bits per heavy atom. The van der Waals surface area contributed by atoms with Crippen molar-refractivity contribution in [3.05, 3.63) is 68.4 Å². The molecule has 2 aromatic heterocycles. The first kappa shape index (κ1) is 24.2. The zero-order chi connectivity index (χ0) is 24.2. The third-order valence-electron chi connectivity index (χ3n) is 4.96. The summed E-state index contributed by atoms with van der Waals surface area (Å²) >= 11 is 8.01. The maximum Gasteiger partial charge on any atom is 0.316 e. The highest BCUT2D eigenvalue weighted by Gasteiger charge is 2.20. The Morgan fingerprint density at radius 1 is 1.09 bits per heavy atom. The SMILES string of the molecule is CCOC(=O)CSc1nc2c(sc(=S)n2-c2ccc(OCC)cc2)c(=O)n1-c1ccccc1C. The van der Waals surface area contributed by atoms with Crippen molar-refractivity contribution < 1.29 is 14.3 Å². The van der Waals surface area contributed by atoms with Crippen LogP contribution in [0.25, 0.3) is 21.7 Å². The van der Waals surface area contributed by atoms with Gasteiger partial charge in [0.15, 0.2) is 14.8 Å². The van der Waals surface area contributed by atoms with E-state index < -0.39 is 0 Å². The van der Waals surface area contributed by atoms with Crippen LogP contribution in [0, 0.1) is 10.9 Å². The average molecular weight is 514 g/mol. The highest BCUT2D eigenvalue weighted by atomic mass is 32.2. The van der Waals surface area contributed by atoms with E-state index in [1.807, 2.05) is 62.4 Å². The Labute approximate surface area is 210 Å². The van der Waals surface area contributed by atoms with Gasteiger partial charge in [0.2, 0.25) is 0 Å². The number of carbonyl (C=O) groups excluding carboxylic acids is 1. The molecule has 0 saturated carbocycles. The maximum atomic E-state index is 13.7. The zero-order valence-electron chi connectivity index (χ0n) is 18.9. The molecule has 0 aliphatic heterocycles. The molecule has 10 heteroatoms. The summed E-state index contributed by atoms with van der Waals surface area (Å²) in [5.74, 6) is 0.413. The van der Waals surface area contributed by atoms with E-state index >= 15 is 0 Å². The second-order valence-corrected chi connectivity index (χ2v) is 9.78. The average Bonchev–Trinajstić information content (AvgIpc) is 3.16. The topological polar surface area (TPSA) is 75.3 Å². The van der Waals surface area contributed by atoms with Gasteiger partial charge in [-0.05, 0) is 68.9 Å². The van der Waals surface area contributed by atoms with Gasteiger partial charge < -0.3 is 9.47 Å². The first-order valence-electron chi connectivity index (χ1n) is 10.7. The van der Waals surface area contributed by atoms with Gasteiger partial charge in [0, 0.05) is 5.69 Å². The number of thiazole rings is 1. The number of ether oxygens (including phenoxy) is 2. The van der Waals surface area contributed by atoms with Gasteiger partial charge in [-0.3, -0.25) is 18.7 Å². The number of fused-ring (bicyclic) bond motifs is 1. The molecule has 34 heavy (non-hydrogen) atoms. The van der Waals surface area contributed by atoms with Crippen molar-refractivity contribution in [2.75, 3.05) is 19.0 Å². The summed E-state index contributed by atoms with van der Waals surface area (Å²) in [7, 11) is 0. The maximum absolute atomic E-state index is 13.7. The lowest BCUT2D eigenvalue weighted by Crippen LogP contribution is -2.23. The van der Waals surface area contributed by atoms with Gasteiger partial charge in [-0.15, -0.1) is 0 Å². The number of nitrogens with zero attached hydrogens (tertiary/aromatic N) is 3. The fraction of sp³-hybridized carbons (Fsp3) is 0.250. The van der Waals surface area contributed by atoms with Crippen LogP contribution in [0.2, 0.25) is 0 Å². The number of hydrogen-bond acceptors (Lipinski definition) is 8. The minimum atomic E-state index is -0.369. The van der Waals surface area contributed by atoms with Crippen molar-refractivity contribution in [2.24, 2.45) is 0 Å².